The van der Waals surface area contributed by atoms with Crippen molar-refractivity contribution in [2.45, 2.75) is 69.8 Å². The van der Waals surface area contributed by atoms with E-state index in [1.807, 2.05) is 20.8 Å². The van der Waals surface area contributed by atoms with Crippen molar-refractivity contribution in [3.8, 4) is 0 Å². The first-order valence-corrected chi connectivity index (χ1v) is 14.2. The molecular weight excluding hydrogens is 474 g/mol. The van der Waals surface area contributed by atoms with E-state index in [0.29, 0.717) is 11.1 Å². The Morgan fingerprint density at radius 1 is 1.29 bits per heavy atom. The van der Waals surface area contributed by atoms with Crippen LogP contribution in [0.15, 0.2) is 23.3 Å². The van der Waals surface area contributed by atoms with Gasteiger partial charge in [0, 0.05) is 35.8 Å². The number of ketones is 1. The van der Waals surface area contributed by atoms with E-state index < -0.39 is 67.6 Å². The molecule has 2 saturated carbocycles. The van der Waals surface area contributed by atoms with Crippen LogP contribution in [0.1, 0.15) is 47.0 Å². The number of fused-ring (bicyclic) bond motifs is 5. The molecule has 8 atom stereocenters. The van der Waals surface area contributed by atoms with Gasteiger partial charge < -0.3 is 25.8 Å². The quantitative estimate of drug-likeness (QED) is 0.289. The molecule has 5 N–H and O–H groups in total. The molecule has 0 aliphatic heterocycles. The minimum atomic E-state index is -3.29. The van der Waals surface area contributed by atoms with Gasteiger partial charge >= 0.3 is 5.97 Å². The smallest absolute Gasteiger partial charge is 0.323 e. The standard InChI is InChI=1S/C25H37NO8S/c1-13-8-18-23(30,20(13)28)11-15(12-27)9-16-19-22(3,4)24(19,10-14(2)25(16,18)31)34-21(29)17(26)6-7-35(5,32)33/h8-9,14,16-19,27,30-31H,6-7,10-12,26H2,1-5H3/t14-,16+,17+,18-,19+,23-,24+,25-/m1/s1. The normalized spacial score (nSPS) is 42.6. The fourth-order valence-electron chi connectivity index (χ4n) is 7.31. The van der Waals surface area contributed by atoms with Crippen molar-refractivity contribution in [1.82, 2.24) is 0 Å². The summed E-state index contributed by atoms with van der Waals surface area (Å²) in [6, 6.07) is -1.10. The first-order chi connectivity index (χ1) is 16.0. The molecule has 0 aromatic carbocycles. The van der Waals surface area contributed by atoms with E-state index in [1.165, 1.54) is 0 Å². The molecule has 4 rings (SSSR count). The second-order valence-electron chi connectivity index (χ2n) is 11.8. The maximum absolute atomic E-state index is 13.0. The van der Waals surface area contributed by atoms with Gasteiger partial charge in [-0.3, -0.25) is 9.59 Å². The predicted octanol–water partition coefficient (Wildman–Crippen LogP) is 0.272. The molecule has 0 radical (unpaired) electrons. The molecule has 0 amide bonds. The molecule has 4 aliphatic rings. The zero-order chi connectivity index (χ0) is 26.4. The van der Waals surface area contributed by atoms with Crippen LogP contribution >= 0.6 is 0 Å². The highest BCUT2D eigenvalue weighted by atomic mass is 32.2. The zero-order valence-electron chi connectivity index (χ0n) is 20.9. The number of esters is 1. The fourth-order valence-corrected chi connectivity index (χ4v) is 7.99. The van der Waals surface area contributed by atoms with E-state index in [1.54, 1.807) is 19.1 Å². The van der Waals surface area contributed by atoms with Gasteiger partial charge in [-0.1, -0.05) is 32.9 Å². The number of rotatable bonds is 6. The summed E-state index contributed by atoms with van der Waals surface area (Å²) in [4.78, 5) is 25.9. The highest BCUT2D eigenvalue weighted by Gasteiger charge is 2.83. The average Bonchev–Trinajstić information content (AvgIpc) is 3.15. The summed E-state index contributed by atoms with van der Waals surface area (Å²) < 4.78 is 29.0. The highest BCUT2D eigenvalue weighted by Crippen LogP contribution is 2.76. The first-order valence-electron chi connectivity index (χ1n) is 12.1. The minimum Gasteiger partial charge on any atom is -0.457 e. The molecule has 0 saturated heterocycles. The summed E-state index contributed by atoms with van der Waals surface area (Å²) in [6.45, 7) is 6.94. The molecule has 4 aliphatic carbocycles. The molecule has 0 spiro atoms. The van der Waals surface area contributed by atoms with Crippen molar-refractivity contribution < 1.29 is 38.1 Å². The number of aliphatic hydroxyl groups is 3. The third-order valence-electron chi connectivity index (χ3n) is 9.26. The lowest BCUT2D eigenvalue weighted by Gasteiger charge is -2.50. The summed E-state index contributed by atoms with van der Waals surface area (Å²) in [7, 11) is -3.29. The molecule has 0 aromatic heterocycles. The Balaban J connectivity index is 1.71. The van der Waals surface area contributed by atoms with Gasteiger partial charge in [0.1, 0.15) is 27.1 Å². The van der Waals surface area contributed by atoms with Crippen LogP contribution in [0.3, 0.4) is 0 Å². The van der Waals surface area contributed by atoms with Crippen molar-refractivity contribution in [2.75, 3.05) is 18.6 Å². The summed E-state index contributed by atoms with van der Waals surface area (Å²) >= 11 is 0. The fraction of sp³-hybridized carbons (Fsp3) is 0.760. The number of carbonyl (C=O) groups is 2. The number of Topliss-reactive ketones (excluding diaryl/α,β-unsaturated/α-hetero) is 1. The van der Waals surface area contributed by atoms with Gasteiger partial charge in [-0.2, -0.15) is 0 Å². The zero-order valence-corrected chi connectivity index (χ0v) is 21.8. The molecule has 9 nitrogen and oxygen atoms in total. The Bertz CT molecular complexity index is 1130. The summed E-state index contributed by atoms with van der Waals surface area (Å²) in [5.41, 5.74) is 1.94. The van der Waals surface area contributed by atoms with E-state index in [4.69, 9.17) is 10.5 Å². The first kappa shape index (κ1) is 26.5. The number of sulfone groups is 1. The van der Waals surface area contributed by atoms with E-state index in [-0.39, 0.29) is 37.5 Å². The second kappa shape index (κ2) is 7.95. The van der Waals surface area contributed by atoms with E-state index in [2.05, 4.69) is 0 Å². The number of nitrogens with two attached hydrogens (primary N) is 1. The molecule has 35 heavy (non-hydrogen) atoms. The largest absolute Gasteiger partial charge is 0.457 e. The Kier molecular flexibility index (Phi) is 6.01. The van der Waals surface area contributed by atoms with Crippen LogP contribution in [0.2, 0.25) is 0 Å². The Morgan fingerprint density at radius 2 is 1.91 bits per heavy atom. The topological polar surface area (TPSA) is 164 Å². The monoisotopic (exact) mass is 511 g/mol. The van der Waals surface area contributed by atoms with E-state index >= 15 is 0 Å². The molecule has 196 valence electrons. The van der Waals surface area contributed by atoms with Gasteiger partial charge in [0.05, 0.1) is 18.0 Å². The lowest BCUT2D eigenvalue weighted by atomic mass is 9.60. The second-order valence-corrected chi connectivity index (χ2v) is 14.1. The Labute approximate surface area is 206 Å². The molecule has 0 heterocycles. The summed E-state index contributed by atoms with van der Waals surface area (Å²) in [6.07, 6.45) is 4.64. The maximum atomic E-state index is 13.0. The third kappa shape index (κ3) is 3.67. The van der Waals surface area contributed by atoms with Gasteiger partial charge in [-0.15, -0.1) is 0 Å². The van der Waals surface area contributed by atoms with Gasteiger partial charge in [0.15, 0.2) is 5.78 Å². The van der Waals surface area contributed by atoms with Crippen LogP contribution in [-0.4, -0.2) is 77.0 Å². The molecule has 0 unspecified atom stereocenters. The van der Waals surface area contributed by atoms with E-state index in [9.17, 15) is 33.3 Å². The lowest BCUT2D eigenvalue weighted by molar-refractivity contribution is -0.187. The van der Waals surface area contributed by atoms with Crippen molar-refractivity contribution in [3.05, 3.63) is 23.3 Å². The number of ether oxygens (including phenoxy) is 1. The maximum Gasteiger partial charge on any atom is 0.323 e. The van der Waals surface area contributed by atoms with Crippen LogP contribution in [0.4, 0.5) is 0 Å². The van der Waals surface area contributed by atoms with Gasteiger partial charge in [-0.25, -0.2) is 8.42 Å². The lowest BCUT2D eigenvalue weighted by Crippen LogP contribution is -2.61. The number of hydrogen-bond acceptors (Lipinski definition) is 9. The summed E-state index contributed by atoms with van der Waals surface area (Å²) in [5.74, 6) is -3.67. The molecular formula is C25H37NO8S. The van der Waals surface area contributed by atoms with Crippen molar-refractivity contribution >= 4 is 21.6 Å². The van der Waals surface area contributed by atoms with Crippen LogP contribution < -0.4 is 5.73 Å². The van der Waals surface area contributed by atoms with Crippen LogP contribution in [0, 0.1) is 29.1 Å². The van der Waals surface area contributed by atoms with Crippen LogP contribution in [-0.2, 0) is 24.2 Å². The van der Waals surface area contributed by atoms with Crippen molar-refractivity contribution in [3.63, 3.8) is 0 Å². The predicted molar refractivity (Wildman–Crippen MR) is 128 cm³/mol. The van der Waals surface area contributed by atoms with Gasteiger partial charge in [-0.05, 0) is 36.8 Å². The van der Waals surface area contributed by atoms with Gasteiger partial charge in [0.25, 0.3) is 0 Å². The number of hydrogen-bond donors (Lipinski definition) is 4. The molecule has 0 aromatic rings. The number of carbonyl (C=O) groups excluding carboxylic acids is 2. The Hall–Kier alpha value is -1.59. The summed E-state index contributed by atoms with van der Waals surface area (Å²) in [5, 5.41) is 33.8. The third-order valence-corrected chi connectivity index (χ3v) is 10.2. The molecule has 10 heteroatoms. The number of aliphatic hydroxyl groups excluding tert-OH is 1. The highest BCUT2D eigenvalue weighted by molar-refractivity contribution is 7.90. The Morgan fingerprint density at radius 3 is 2.49 bits per heavy atom. The van der Waals surface area contributed by atoms with Crippen LogP contribution in [0.25, 0.3) is 0 Å². The van der Waals surface area contributed by atoms with Gasteiger partial charge in [0.2, 0.25) is 0 Å². The minimum absolute atomic E-state index is 0.0579. The molecule has 0 bridgehead atoms. The SMILES string of the molecule is CC1=C[C@H]2[C@@]3(O)[C@H](C)C[C@]4(OC(=O)[C@@H](N)CCS(C)(=O)=O)[C@@H]([C@@H]3C=C(CO)C[C@]2(O)C1=O)C4(C)C. The average molecular weight is 512 g/mol. The van der Waals surface area contributed by atoms with Crippen LogP contribution in [0.5, 0.6) is 0 Å². The van der Waals surface area contributed by atoms with E-state index in [0.717, 1.165) is 6.26 Å². The van der Waals surface area contributed by atoms with Crippen molar-refractivity contribution in [1.29, 1.82) is 0 Å². The molecule has 2 fully saturated rings. The van der Waals surface area contributed by atoms with Crippen molar-refractivity contribution in [2.24, 2.45) is 34.8 Å².